The zero-order valence-corrected chi connectivity index (χ0v) is 10.3. The predicted molar refractivity (Wildman–Crippen MR) is 69.1 cm³/mol. The van der Waals surface area contributed by atoms with Crippen molar-refractivity contribution >= 4 is 17.3 Å². The molecule has 4 N–H and O–H groups in total. The Kier molecular flexibility index (Phi) is 2.76. The highest BCUT2D eigenvalue weighted by Gasteiger charge is 2.41. The molecule has 1 aromatic rings. The van der Waals surface area contributed by atoms with E-state index in [9.17, 15) is 0 Å². The van der Waals surface area contributed by atoms with E-state index in [2.05, 4.69) is 9.88 Å². The van der Waals surface area contributed by atoms with Gasteiger partial charge in [0.25, 0.3) is 0 Å². The molecule has 0 atom stereocenters. The van der Waals surface area contributed by atoms with Gasteiger partial charge in [0.2, 0.25) is 0 Å². The number of nitrogens with zero attached hydrogens (tertiary/aromatic N) is 2. The van der Waals surface area contributed by atoms with Crippen molar-refractivity contribution in [2.24, 2.45) is 0 Å². The Morgan fingerprint density at radius 1 is 1.22 bits per heavy atom. The van der Waals surface area contributed by atoms with Gasteiger partial charge in [-0.1, -0.05) is 0 Å². The van der Waals surface area contributed by atoms with Crippen LogP contribution < -0.4 is 16.4 Å². The number of pyridine rings is 1. The molecule has 3 heterocycles. The quantitative estimate of drug-likeness (QED) is 0.758. The summed E-state index contributed by atoms with van der Waals surface area (Å²) in [6, 6.07) is 3.68. The van der Waals surface area contributed by atoms with Crippen LogP contribution in [0.25, 0.3) is 0 Å². The van der Waals surface area contributed by atoms with Crippen LogP contribution in [0.5, 0.6) is 0 Å². The van der Waals surface area contributed by atoms with E-state index in [1.54, 1.807) is 6.07 Å². The average Bonchev–Trinajstić information content (AvgIpc) is 2.81. The number of nitrogen functional groups attached to an aromatic ring is 2. The van der Waals surface area contributed by atoms with Gasteiger partial charge < -0.3 is 25.8 Å². The molecule has 1 spiro atoms. The minimum Gasteiger partial charge on any atom is -0.396 e. The second-order valence-electron chi connectivity index (χ2n) is 4.78. The third-order valence-corrected chi connectivity index (χ3v) is 3.50. The molecule has 18 heavy (non-hydrogen) atoms. The maximum atomic E-state index is 5.75. The monoisotopic (exact) mass is 250 g/mol. The molecule has 0 radical (unpaired) electrons. The van der Waals surface area contributed by atoms with Crippen LogP contribution in [0.3, 0.4) is 0 Å². The number of piperidine rings is 1. The number of hydrogen-bond acceptors (Lipinski definition) is 6. The summed E-state index contributed by atoms with van der Waals surface area (Å²) >= 11 is 0. The summed E-state index contributed by atoms with van der Waals surface area (Å²) in [6.07, 6.45) is 1.96. The molecule has 6 heteroatoms. The van der Waals surface area contributed by atoms with Crippen LogP contribution in [0.4, 0.5) is 17.3 Å². The second-order valence-corrected chi connectivity index (χ2v) is 4.78. The molecular formula is C12H18N4O2. The van der Waals surface area contributed by atoms with E-state index in [1.807, 2.05) is 6.07 Å². The summed E-state index contributed by atoms with van der Waals surface area (Å²) in [6.45, 7) is 2.98. The fourth-order valence-electron chi connectivity index (χ4n) is 2.57. The predicted octanol–water partition coefficient (Wildman–Crippen LogP) is 0.589. The fraction of sp³-hybridized carbons (Fsp3) is 0.583. The van der Waals surface area contributed by atoms with Gasteiger partial charge in [-0.2, -0.15) is 0 Å². The van der Waals surface area contributed by atoms with Crippen LogP contribution in [0, 0.1) is 0 Å². The fourth-order valence-corrected chi connectivity index (χ4v) is 2.57. The van der Waals surface area contributed by atoms with Crippen LogP contribution in [0.1, 0.15) is 12.8 Å². The van der Waals surface area contributed by atoms with E-state index in [-0.39, 0.29) is 0 Å². The van der Waals surface area contributed by atoms with Crippen molar-refractivity contribution in [2.45, 2.75) is 18.6 Å². The van der Waals surface area contributed by atoms with E-state index < -0.39 is 5.79 Å². The van der Waals surface area contributed by atoms with Crippen LogP contribution in [-0.4, -0.2) is 37.1 Å². The SMILES string of the molecule is Nc1ccc(N2CCCC3(C2)OCCO3)nc1N. The summed E-state index contributed by atoms with van der Waals surface area (Å²) in [7, 11) is 0. The van der Waals surface area contributed by atoms with Crippen molar-refractivity contribution in [1.82, 2.24) is 4.98 Å². The lowest BCUT2D eigenvalue weighted by atomic mass is 10.0. The molecule has 0 saturated carbocycles. The molecule has 2 aliphatic heterocycles. The first-order valence-corrected chi connectivity index (χ1v) is 6.23. The Hall–Kier alpha value is -1.53. The number of rotatable bonds is 1. The zero-order chi connectivity index (χ0) is 12.6. The number of nitrogens with two attached hydrogens (primary N) is 2. The summed E-state index contributed by atoms with van der Waals surface area (Å²) in [5.74, 6) is 0.760. The molecule has 1 aromatic heterocycles. The van der Waals surface area contributed by atoms with Crippen molar-refractivity contribution < 1.29 is 9.47 Å². The summed E-state index contributed by atoms with van der Waals surface area (Å²) in [5.41, 5.74) is 11.9. The van der Waals surface area contributed by atoms with Crippen molar-refractivity contribution in [3.8, 4) is 0 Å². The highest BCUT2D eigenvalue weighted by atomic mass is 16.7. The molecule has 0 aromatic carbocycles. The second kappa shape index (κ2) is 4.29. The van der Waals surface area contributed by atoms with Crippen LogP contribution in [0.2, 0.25) is 0 Å². The minimum absolute atomic E-state index is 0.375. The van der Waals surface area contributed by atoms with Gasteiger partial charge in [-0.25, -0.2) is 4.98 Å². The normalized spacial score (nSPS) is 22.6. The highest BCUT2D eigenvalue weighted by molar-refractivity contribution is 5.62. The number of ether oxygens (including phenoxy) is 2. The largest absolute Gasteiger partial charge is 0.396 e. The molecule has 3 rings (SSSR count). The molecule has 0 unspecified atom stereocenters. The third kappa shape index (κ3) is 1.97. The Labute approximate surface area is 106 Å². The lowest BCUT2D eigenvalue weighted by molar-refractivity contribution is -0.161. The van der Waals surface area contributed by atoms with Gasteiger partial charge in [-0.3, -0.25) is 0 Å². The lowest BCUT2D eigenvalue weighted by Gasteiger charge is -2.39. The van der Waals surface area contributed by atoms with E-state index in [0.29, 0.717) is 31.3 Å². The van der Waals surface area contributed by atoms with E-state index in [4.69, 9.17) is 20.9 Å². The molecule has 2 aliphatic rings. The van der Waals surface area contributed by atoms with Crippen molar-refractivity contribution in [2.75, 3.05) is 42.7 Å². The Morgan fingerprint density at radius 2 is 2.00 bits per heavy atom. The van der Waals surface area contributed by atoms with Crippen LogP contribution in [0.15, 0.2) is 12.1 Å². The van der Waals surface area contributed by atoms with Crippen molar-refractivity contribution in [1.29, 1.82) is 0 Å². The number of aromatic nitrogens is 1. The average molecular weight is 250 g/mol. The van der Waals surface area contributed by atoms with E-state index >= 15 is 0 Å². The van der Waals surface area contributed by atoms with E-state index in [1.165, 1.54) is 0 Å². The molecule has 0 aliphatic carbocycles. The van der Waals surface area contributed by atoms with E-state index in [0.717, 1.165) is 25.2 Å². The minimum atomic E-state index is -0.448. The number of anilines is 3. The van der Waals surface area contributed by atoms with Crippen molar-refractivity contribution in [3.63, 3.8) is 0 Å². The first-order chi connectivity index (χ1) is 8.69. The first-order valence-electron chi connectivity index (χ1n) is 6.23. The summed E-state index contributed by atoms with van der Waals surface area (Å²) in [5, 5.41) is 0. The molecular weight excluding hydrogens is 232 g/mol. The molecule has 6 nitrogen and oxygen atoms in total. The summed E-state index contributed by atoms with van der Waals surface area (Å²) < 4.78 is 11.5. The highest BCUT2D eigenvalue weighted by Crippen LogP contribution is 2.32. The van der Waals surface area contributed by atoms with Gasteiger partial charge >= 0.3 is 0 Å². The molecule has 2 fully saturated rings. The maximum Gasteiger partial charge on any atom is 0.186 e. The Morgan fingerprint density at radius 3 is 2.72 bits per heavy atom. The zero-order valence-electron chi connectivity index (χ0n) is 10.3. The topological polar surface area (TPSA) is 86.6 Å². The van der Waals surface area contributed by atoms with Gasteiger partial charge in [-0.15, -0.1) is 0 Å². The van der Waals surface area contributed by atoms with Crippen LogP contribution in [-0.2, 0) is 9.47 Å². The molecule has 0 amide bonds. The third-order valence-electron chi connectivity index (χ3n) is 3.50. The van der Waals surface area contributed by atoms with Crippen LogP contribution >= 0.6 is 0 Å². The Bertz CT molecular complexity index is 446. The van der Waals surface area contributed by atoms with Gasteiger partial charge in [-0.05, 0) is 18.6 Å². The maximum absolute atomic E-state index is 5.75. The molecule has 2 saturated heterocycles. The standard InChI is InChI=1S/C12H18N4O2/c13-9-2-3-10(15-11(9)14)16-5-1-4-12(8-16)17-6-7-18-12/h2-3H,1,4-8,13H2,(H2,14,15). The smallest absolute Gasteiger partial charge is 0.186 e. The Balaban J connectivity index is 1.81. The van der Waals surface area contributed by atoms with Gasteiger partial charge in [0.05, 0.1) is 25.4 Å². The van der Waals surface area contributed by atoms with Crippen molar-refractivity contribution in [3.05, 3.63) is 12.1 Å². The van der Waals surface area contributed by atoms with Gasteiger partial charge in [0.1, 0.15) is 11.6 Å². The number of hydrogen-bond donors (Lipinski definition) is 2. The first kappa shape index (κ1) is 11.6. The van der Waals surface area contributed by atoms with Gasteiger partial charge in [0, 0.05) is 13.0 Å². The lowest BCUT2D eigenvalue weighted by Crippen LogP contribution is -2.49. The molecule has 98 valence electrons. The summed E-state index contributed by atoms with van der Waals surface area (Å²) in [4.78, 5) is 6.46. The van der Waals surface area contributed by atoms with Gasteiger partial charge in [0.15, 0.2) is 5.79 Å². The molecule has 0 bridgehead atoms.